The average molecular weight is 209 g/mol. The molecule has 1 rings (SSSR count). The Balaban J connectivity index is 2.57. The number of amides is 2. The zero-order valence-corrected chi connectivity index (χ0v) is 8.17. The lowest BCUT2D eigenvalue weighted by Crippen LogP contribution is -2.37. The Morgan fingerprint density at radius 1 is 1.60 bits per heavy atom. The van der Waals surface area contributed by atoms with Crippen molar-refractivity contribution in [1.29, 1.82) is 0 Å². The minimum atomic E-state index is -1.22. The Hall–Kier alpha value is -2.11. The third-order valence-electron chi connectivity index (χ3n) is 1.80. The normalized spacial score (nSPS) is 9.40. The maximum Gasteiger partial charge on any atom is 0.405 e. The Kier molecular flexibility index (Phi) is 3.61. The number of carbonyl (C=O) groups excluding carboxylic acids is 1. The van der Waals surface area contributed by atoms with Crippen LogP contribution in [-0.2, 0) is 4.79 Å². The second-order valence-corrected chi connectivity index (χ2v) is 2.82. The van der Waals surface area contributed by atoms with Crippen molar-refractivity contribution in [2.24, 2.45) is 0 Å². The predicted octanol–water partition coefficient (Wildman–Crippen LogP) is 0.312. The summed E-state index contributed by atoms with van der Waals surface area (Å²) in [7, 11) is 1.56. The van der Waals surface area contributed by atoms with E-state index in [-0.39, 0.29) is 12.5 Å². The monoisotopic (exact) mass is 209 g/mol. The minimum Gasteiger partial charge on any atom is -0.465 e. The van der Waals surface area contributed by atoms with Gasteiger partial charge in [0.2, 0.25) is 5.91 Å². The van der Waals surface area contributed by atoms with Gasteiger partial charge in [0.25, 0.3) is 0 Å². The molecule has 6 heteroatoms. The fourth-order valence-electron chi connectivity index (χ4n) is 0.966. The van der Waals surface area contributed by atoms with Crippen LogP contribution in [0.1, 0.15) is 0 Å². The van der Waals surface area contributed by atoms with Crippen LogP contribution < -0.4 is 10.2 Å². The molecule has 6 nitrogen and oxygen atoms in total. The molecule has 1 aromatic rings. The minimum absolute atomic E-state index is 0.249. The number of rotatable bonds is 3. The number of aromatic nitrogens is 1. The number of hydrogen-bond donors (Lipinski definition) is 2. The van der Waals surface area contributed by atoms with Gasteiger partial charge in [-0.3, -0.25) is 9.78 Å². The number of carboxylic acid groups (broad SMARTS) is 1. The van der Waals surface area contributed by atoms with Crippen LogP contribution in [-0.4, -0.2) is 35.7 Å². The van der Waals surface area contributed by atoms with Gasteiger partial charge in [-0.1, -0.05) is 0 Å². The van der Waals surface area contributed by atoms with Crippen molar-refractivity contribution in [3.8, 4) is 0 Å². The summed E-state index contributed by atoms with van der Waals surface area (Å²) in [6, 6.07) is 3.41. The number of pyridine rings is 1. The third-order valence-corrected chi connectivity index (χ3v) is 1.80. The van der Waals surface area contributed by atoms with Gasteiger partial charge in [-0.25, -0.2) is 4.79 Å². The molecule has 80 valence electrons. The summed E-state index contributed by atoms with van der Waals surface area (Å²) in [5.41, 5.74) is 0.620. The lowest BCUT2D eigenvalue weighted by Gasteiger charge is -2.16. The molecule has 0 spiro atoms. The lowest BCUT2D eigenvalue weighted by atomic mass is 10.3. The van der Waals surface area contributed by atoms with Crippen LogP contribution in [0.3, 0.4) is 0 Å². The fraction of sp³-hybridized carbons (Fsp3) is 0.222. The van der Waals surface area contributed by atoms with E-state index in [1.165, 1.54) is 11.1 Å². The molecule has 1 aromatic heterocycles. The van der Waals surface area contributed by atoms with Crippen molar-refractivity contribution in [1.82, 2.24) is 10.3 Å². The molecule has 0 aliphatic heterocycles. The molecular weight excluding hydrogens is 198 g/mol. The van der Waals surface area contributed by atoms with E-state index in [2.05, 4.69) is 4.98 Å². The van der Waals surface area contributed by atoms with Crippen molar-refractivity contribution in [3.05, 3.63) is 24.5 Å². The van der Waals surface area contributed by atoms with Crippen LogP contribution >= 0.6 is 0 Å². The predicted molar refractivity (Wildman–Crippen MR) is 53.7 cm³/mol. The van der Waals surface area contributed by atoms with Crippen molar-refractivity contribution >= 4 is 17.7 Å². The first kappa shape index (κ1) is 11.0. The summed E-state index contributed by atoms with van der Waals surface area (Å²) in [5, 5.41) is 10.3. The van der Waals surface area contributed by atoms with E-state index in [0.717, 1.165) is 0 Å². The smallest absolute Gasteiger partial charge is 0.405 e. The Bertz CT molecular complexity index is 353. The summed E-state index contributed by atoms with van der Waals surface area (Å²) in [5.74, 6) is -0.342. The highest BCUT2D eigenvalue weighted by Crippen LogP contribution is 2.08. The van der Waals surface area contributed by atoms with E-state index < -0.39 is 6.09 Å². The van der Waals surface area contributed by atoms with Gasteiger partial charge in [-0.15, -0.1) is 0 Å². The van der Waals surface area contributed by atoms with E-state index in [9.17, 15) is 9.59 Å². The van der Waals surface area contributed by atoms with Crippen LogP contribution in [0.4, 0.5) is 10.5 Å². The molecule has 0 radical (unpaired) electrons. The van der Waals surface area contributed by atoms with Crippen LogP contribution in [0.2, 0.25) is 0 Å². The molecule has 15 heavy (non-hydrogen) atoms. The molecule has 0 unspecified atom stereocenters. The molecular formula is C9H11N3O3. The van der Waals surface area contributed by atoms with Gasteiger partial charge >= 0.3 is 6.09 Å². The zero-order chi connectivity index (χ0) is 11.3. The van der Waals surface area contributed by atoms with E-state index in [1.807, 2.05) is 5.32 Å². The zero-order valence-electron chi connectivity index (χ0n) is 8.17. The van der Waals surface area contributed by atoms with Gasteiger partial charge in [-0.2, -0.15) is 0 Å². The highest BCUT2D eigenvalue weighted by molar-refractivity contribution is 5.95. The highest BCUT2D eigenvalue weighted by Gasteiger charge is 2.11. The number of nitrogens with zero attached hydrogens (tertiary/aromatic N) is 2. The Morgan fingerprint density at radius 3 is 2.87 bits per heavy atom. The lowest BCUT2D eigenvalue weighted by molar-refractivity contribution is -0.117. The molecule has 2 amide bonds. The summed E-state index contributed by atoms with van der Waals surface area (Å²) >= 11 is 0. The summed E-state index contributed by atoms with van der Waals surface area (Å²) < 4.78 is 0. The first-order chi connectivity index (χ1) is 7.11. The quantitative estimate of drug-likeness (QED) is 0.750. The average Bonchev–Trinajstić information content (AvgIpc) is 2.26. The van der Waals surface area contributed by atoms with E-state index in [0.29, 0.717) is 5.69 Å². The molecule has 1 heterocycles. The maximum absolute atomic E-state index is 11.4. The Morgan fingerprint density at radius 2 is 2.33 bits per heavy atom. The van der Waals surface area contributed by atoms with E-state index in [4.69, 9.17) is 5.11 Å². The standard InChI is InChI=1S/C9H11N3O3/c1-12(7-3-2-4-10-5-7)8(13)6-11-9(14)15/h2-5,11H,6H2,1H3,(H,14,15). The number of hydrogen-bond acceptors (Lipinski definition) is 3. The van der Waals surface area contributed by atoms with Crippen molar-refractivity contribution in [2.45, 2.75) is 0 Å². The molecule has 0 saturated carbocycles. The van der Waals surface area contributed by atoms with Crippen LogP contribution in [0.25, 0.3) is 0 Å². The molecule has 0 aliphatic carbocycles. The van der Waals surface area contributed by atoms with Crippen molar-refractivity contribution < 1.29 is 14.7 Å². The van der Waals surface area contributed by atoms with Gasteiger partial charge in [0, 0.05) is 13.2 Å². The van der Waals surface area contributed by atoms with Gasteiger partial charge in [-0.05, 0) is 12.1 Å². The largest absolute Gasteiger partial charge is 0.465 e. The molecule has 0 saturated heterocycles. The molecule has 0 aromatic carbocycles. The molecule has 0 atom stereocenters. The fourth-order valence-corrected chi connectivity index (χ4v) is 0.966. The second kappa shape index (κ2) is 4.94. The maximum atomic E-state index is 11.4. The first-order valence-electron chi connectivity index (χ1n) is 4.24. The number of likely N-dealkylation sites (N-methyl/N-ethyl adjacent to an activating group) is 1. The van der Waals surface area contributed by atoms with Gasteiger partial charge in [0.05, 0.1) is 11.9 Å². The number of anilines is 1. The SMILES string of the molecule is CN(C(=O)CNC(=O)O)c1cccnc1. The Labute approximate surface area is 86.5 Å². The number of carbonyl (C=O) groups is 2. The van der Waals surface area contributed by atoms with E-state index >= 15 is 0 Å². The van der Waals surface area contributed by atoms with Gasteiger partial charge in [0.1, 0.15) is 6.54 Å². The third kappa shape index (κ3) is 3.26. The van der Waals surface area contributed by atoms with Crippen LogP contribution in [0, 0.1) is 0 Å². The summed E-state index contributed by atoms with van der Waals surface area (Å²) in [6.45, 7) is -0.249. The molecule has 0 fully saturated rings. The number of nitrogens with one attached hydrogen (secondary N) is 1. The van der Waals surface area contributed by atoms with E-state index in [1.54, 1.807) is 25.4 Å². The first-order valence-corrected chi connectivity index (χ1v) is 4.24. The summed E-state index contributed by atoms with van der Waals surface area (Å²) in [6.07, 6.45) is 1.90. The van der Waals surface area contributed by atoms with Crippen LogP contribution in [0.5, 0.6) is 0 Å². The second-order valence-electron chi connectivity index (χ2n) is 2.82. The summed E-state index contributed by atoms with van der Waals surface area (Å²) in [4.78, 5) is 26.8. The topological polar surface area (TPSA) is 82.5 Å². The van der Waals surface area contributed by atoms with Crippen LogP contribution in [0.15, 0.2) is 24.5 Å². The van der Waals surface area contributed by atoms with Gasteiger partial charge < -0.3 is 15.3 Å². The molecule has 0 bridgehead atoms. The molecule has 0 aliphatic rings. The van der Waals surface area contributed by atoms with Crippen molar-refractivity contribution in [2.75, 3.05) is 18.5 Å². The molecule has 2 N–H and O–H groups in total. The highest BCUT2D eigenvalue weighted by atomic mass is 16.4. The van der Waals surface area contributed by atoms with Gasteiger partial charge in [0.15, 0.2) is 0 Å². The van der Waals surface area contributed by atoms with Crippen molar-refractivity contribution in [3.63, 3.8) is 0 Å².